The van der Waals surface area contributed by atoms with E-state index >= 15 is 0 Å². The summed E-state index contributed by atoms with van der Waals surface area (Å²) in [6.07, 6.45) is 4.85. The maximum atomic E-state index is 14.4. The number of hydrogen-bond acceptors (Lipinski definition) is 4. The largest absolute Gasteiger partial charge is 0.400 e. The van der Waals surface area contributed by atoms with Crippen molar-refractivity contribution >= 4 is 6.21 Å². The first kappa shape index (κ1) is 19.2. The van der Waals surface area contributed by atoms with Crippen molar-refractivity contribution in [2.75, 3.05) is 13.6 Å². The number of rotatable bonds is 7. The van der Waals surface area contributed by atoms with E-state index in [-0.39, 0.29) is 17.8 Å². The molecule has 2 atom stereocenters. The van der Waals surface area contributed by atoms with Crippen LogP contribution >= 0.6 is 0 Å². The number of likely N-dealkylation sites (N-methyl/N-ethyl adjacent to an activating group) is 1. The van der Waals surface area contributed by atoms with Crippen LogP contribution in [0.15, 0.2) is 42.2 Å². The van der Waals surface area contributed by atoms with Gasteiger partial charge in [0.1, 0.15) is 5.82 Å². The van der Waals surface area contributed by atoms with E-state index in [0.29, 0.717) is 11.3 Å². The summed E-state index contributed by atoms with van der Waals surface area (Å²) in [7, 11) is 2.08. The van der Waals surface area contributed by atoms with Gasteiger partial charge in [-0.3, -0.25) is 4.90 Å². The number of nitrogens with one attached hydrogen (secondary N) is 2. The van der Waals surface area contributed by atoms with Crippen LogP contribution in [0.2, 0.25) is 0 Å². The fourth-order valence-electron chi connectivity index (χ4n) is 3.37. The van der Waals surface area contributed by atoms with Crippen LogP contribution in [0.1, 0.15) is 49.8 Å². The topological polar surface area (TPSA) is 65.1 Å². The Morgan fingerprint density at radius 2 is 2.20 bits per heavy atom. The van der Waals surface area contributed by atoms with Crippen molar-refractivity contribution in [2.45, 2.75) is 44.7 Å². The number of hydrogen-bond donors (Lipinski definition) is 3. The van der Waals surface area contributed by atoms with Gasteiger partial charge in [-0.15, -0.1) is 0 Å². The number of likely N-dealkylation sites (tertiary alicyclic amines) is 1. The van der Waals surface area contributed by atoms with Crippen molar-refractivity contribution in [3.63, 3.8) is 0 Å². The molecule has 0 aliphatic carbocycles. The van der Waals surface area contributed by atoms with Gasteiger partial charge in [-0.2, -0.15) is 0 Å². The fraction of sp³-hybridized carbons (Fsp3) is 0.450. The van der Waals surface area contributed by atoms with Gasteiger partial charge >= 0.3 is 0 Å². The fourth-order valence-corrected chi connectivity index (χ4v) is 3.37. The summed E-state index contributed by atoms with van der Waals surface area (Å²) in [5, 5.41) is 10.7. The number of nitrogens with zero attached hydrogens (tertiary/aromatic N) is 1. The highest BCUT2D eigenvalue weighted by Crippen LogP contribution is 2.27. The third-order valence-corrected chi connectivity index (χ3v) is 4.84. The molecule has 0 radical (unpaired) electrons. The summed E-state index contributed by atoms with van der Waals surface area (Å²) < 4.78 is 14.4. The zero-order valence-electron chi connectivity index (χ0n) is 15.3. The van der Waals surface area contributed by atoms with Crippen molar-refractivity contribution in [1.82, 2.24) is 10.2 Å². The van der Waals surface area contributed by atoms with Gasteiger partial charge in [0.25, 0.3) is 0 Å². The second-order valence-corrected chi connectivity index (χ2v) is 7.01. The zero-order chi connectivity index (χ0) is 18.6. The van der Waals surface area contributed by atoms with Crippen LogP contribution in [0.5, 0.6) is 0 Å². The van der Waals surface area contributed by atoms with Gasteiger partial charge < -0.3 is 16.5 Å². The Kier molecular flexibility index (Phi) is 6.37. The highest BCUT2D eigenvalue weighted by atomic mass is 19.1. The molecule has 0 amide bonds. The van der Waals surface area contributed by atoms with E-state index in [2.05, 4.69) is 23.8 Å². The Balaban J connectivity index is 2.30. The van der Waals surface area contributed by atoms with Crippen LogP contribution in [-0.4, -0.2) is 30.7 Å². The summed E-state index contributed by atoms with van der Waals surface area (Å²) in [5.74, 6) is -0.109. The Bertz CT molecular complexity index is 666. The first-order valence-corrected chi connectivity index (χ1v) is 8.76. The maximum Gasteiger partial charge on any atom is 0.127 e. The lowest BCUT2D eigenvalue weighted by molar-refractivity contribution is 0.330. The summed E-state index contributed by atoms with van der Waals surface area (Å²) in [4.78, 5) is 2.26. The van der Waals surface area contributed by atoms with Crippen molar-refractivity contribution in [2.24, 2.45) is 5.73 Å². The molecule has 0 spiro atoms. The summed E-state index contributed by atoms with van der Waals surface area (Å²) >= 11 is 0. The van der Waals surface area contributed by atoms with Gasteiger partial charge in [-0.1, -0.05) is 32.6 Å². The van der Waals surface area contributed by atoms with E-state index in [1.54, 1.807) is 0 Å². The molecule has 2 rings (SSSR count). The Morgan fingerprint density at radius 1 is 1.48 bits per heavy atom. The van der Waals surface area contributed by atoms with E-state index in [1.807, 2.05) is 26.0 Å². The predicted octanol–water partition coefficient (Wildman–Crippen LogP) is 3.68. The van der Waals surface area contributed by atoms with Crippen molar-refractivity contribution < 1.29 is 4.39 Å². The lowest BCUT2D eigenvalue weighted by Crippen LogP contribution is -2.36. The molecule has 25 heavy (non-hydrogen) atoms. The summed E-state index contributed by atoms with van der Waals surface area (Å²) in [6.45, 7) is 9.15. The normalized spacial score (nSPS) is 19.9. The lowest BCUT2D eigenvalue weighted by atomic mass is 9.96. The molecule has 4 N–H and O–H groups in total. The standard InChI is InChI=1S/C20H29FN4/c1-13(2)16-8-7-15(12-17(16)21)20(18(23)9-10-22)24-14(3)19-6-5-11-25(19)4/h7-10,12-13,19-20,22,24H,3,5-6,11,23H2,1-2,4H3/b18-9-,22-10?. The van der Waals surface area contributed by atoms with Crippen molar-refractivity contribution in [3.05, 3.63) is 59.2 Å². The van der Waals surface area contributed by atoms with Gasteiger partial charge in [0.15, 0.2) is 0 Å². The van der Waals surface area contributed by atoms with Crippen LogP contribution in [0.3, 0.4) is 0 Å². The SMILES string of the molecule is C=C(NC(/C(N)=C/C=N)c1ccc(C(C)C)c(F)c1)C1CCCN1C. The monoisotopic (exact) mass is 344 g/mol. The molecule has 136 valence electrons. The summed E-state index contributed by atoms with van der Waals surface area (Å²) in [5.41, 5.74) is 8.92. The quantitative estimate of drug-likeness (QED) is 0.661. The Hall–Kier alpha value is -2.14. The molecule has 1 heterocycles. The Labute approximate surface area is 150 Å². The highest BCUT2D eigenvalue weighted by molar-refractivity contribution is 5.69. The van der Waals surface area contributed by atoms with Crippen LogP contribution < -0.4 is 11.1 Å². The molecule has 1 fully saturated rings. The van der Waals surface area contributed by atoms with E-state index in [4.69, 9.17) is 11.1 Å². The van der Waals surface area contributed by atoms with Gasteiger partial charge in [0, 0.05) is 23.7 Å². The lowest BCUT2D eigenvalue weighted by Gasteiger charge is -2.28. The second kappa shape index (κ2) is 8.30. The van der Waals surface area contributed by atoms with Gasteiger partial charge in [0.2, 0.25) is 0 Å². The molecular weight excluding hydrogens is 315 g/mol. The Morgan fingerprint density at radius 3 is 2.72 bits per heavy atom. The summed E-state index contributed by atoms with van der Waals surface area (Å²) in [6, 6.07) is 5.08. The molecule has 1 saturated heterocycles. The molecule has 1 aromatic rings. The number of allylic oxidation sites excluding steroid dienone is 1. The molecule has 0 aromatic heterocycles. The molecule has 0 bridgehead atoms. The van der Waals surface area contributed by atoms with E-state index < -0.39 is 6.04 Å². The third-order valence-electron chi connectivity index (χ3n) is 4.84. The average molecular weight is 344 g/mol. The minimum atomic E-state index is -0.404. The van der Waals surface area contributed by atoms with Crippen molar-refractivity contribution in [3.8, 4) is 0 Å². The molecule has 1 aliphatic heterocycles. The first-order valence-electron chi connectivity index (χ1n) is 8.76. The molecule has 1 aromatic carbocycles. The minimum Gasteiger partial charge on any atom is -0.400 e. The molecule has 4 nitrogen and oxygen atoms in total. The zero-order valence-corrected chi connectivity index (χ0v) is 15.3. The maximum absolute atomic E-state index is 14.4. The van der Waals surface area contributed by atoms with Crippen LogP contribution in [-0.2, 0) is 0 Å². The highest BCUT2D eigenvalue weighted by Gasteiger charge is 2.26. The first-order chi connectivity index (χ1) is 11.8. The molecule has 0 saturated carbocycles. The molecular formula is C20H29FN4. The second-order valence-electron chi connectivity index (χ2n) is 7.01. The smallest absolute Gasteiger partial charge is 0.127 e. The van der Waals surface area contributed by atoms with Gasteiger partial charge in [0.05, 0.1) is 6.04 Å². The average Bonchev–Trinajstić information content (AvgIpc) is 2.98. The van der Waals surface area contributed by atoms with Gasteiger partial charge in [-0.05, 0) is 55.6 Å². The van der Waals surface area contributed by atoms with E-state index in [0.717, 1.165) is 36.9 Å². The van der Waals surface area contributed by atoms with E-state index in [1.165, 1.54) is 12.1 Å². The number of benzene rings is 1. The van der Waals surface area contributed by atoms with Crippen LogP contribution in [0.25, 0.3) is 0 Å². The van der Waals surface area contributed by atoms with Crippen molar-refractivity contribution in [1.29, 1.82) is 5.41 Å². The number of nitrogens with two attached hydrogens (primary N) is 1. The van der Waals surface area contributed by atoms with E-state index in [9.17, 15) is 4.39 Å². The molecule has 1 aliphatic rings. The van der Waals surface area contributed by atoms with Crippen LogP contribution in [0, 0.1) is 11.2 Å². The molecule has 5 heteroatoms. The minimum absolute atomic E-state index is 0.122. The number of halogens is 1. The molecule has 2 unspecified atom stereocenters. The van der Waals surface area contributed by atoms with Gasteiger partial charge in [-0.25, -0.2) is 4.39 Å². The predicted molar refractivity (Wildman–Crippen MR) is 102 cm³/mol. The third kappa shape index (κ3) is 4.48. The van der Waals surface area contributed by atoms with Crippen LogP contribution in [0.4, 0.5) is 4.39 Å².